The SMILES string of the molecule is COc1c(F)cc(C(C)C)cc1C(C(=O)O)N1CCC(C)(COCCCCCCC2=CCc3cccnc3N2)C1. The lowest BCUT2D eigenvalue weighted by molar-refractivity contribution is -0.143. The number of hydrogen-bond donors (Lipinski definition) is 2. The third-order valence-electron chi connectivity index (χ3n) is 8.12. The van der Waals surface area contributed by atoms with Gasteiger partial charge in [-0.1, -0.05) is 45.8 Å². The zero-order valence-corrected chi connectivity index (χ0v) is 24.3. The number of methoxy groups -OCH3 is 1. The number of ether oxygens (including phenoxy) is 2. The molecular weight excluding hydrogens is 509 g/mol. The predicted molar refractivity (Wildman–Crippen MR) is 155 cm³/mol. The van der Waals surface area contributed by atoms with Crippen molar-refractivity contribution in [1.82, 2.24) is 9.88 Å². The van der Waals surface area contributed by atoms with E-state index >= 15 is 0 Å². The number of unbranched alkanes of at least 4 members (excludes halogenated alkanes) is 3. The van der Waals surface area contributed by atoms with Crippen LogP contribution < -0.4 is 10.1 Å². The zero-order chi connectivity index (χ0) is 28.7. The van der Waals surface area contributed by atoms with E-state index in [0.717, 1.165) is 56.3 Å². The van der Waals surface area contributed by atoms with Gasteiger partial charge in [-0.05, 0) is 73.9 Å². The van der Waals surface area contributed by atoms with Gasteiger partial charge in [0.15, 0.2) is 11.6 Å². The summed E-state index contributed by atoms with van der Waals surface area (Å²) in [5, 5.41) is 13.6. The van der Waals surface area contributed by atoms with Crippen LogP contribution in [0.2, 0.25) is 0 Å². The topological polar surface area (TPSA) is 83.9 Å². The summed E-state index contributed by atoms with van der Waals surface area (Å²) in [6, 6.07) is 6.34. The van der Waals surface area contributed by atoms with Gasteiger partial charge in [0.05, 0.1) is 13.7 Å². The highest BCUT2D eigenvalue weighted by Gasteiger charge is 2.41. The molecule has 2 N–H and O–H groups in total. The Kier molecular flexibility index (Phi) is 10.2. The first-order valence-electron chi connectivity index (χ1n) is 14.5. The molecule has 0 saturated carbocycles. The molecule has 0 bridgehead atoms. The summed E-state index contributed by atoms with van der Waals surface area (Å²) in [6.45, 7) is 8.54. The highest BCUT2D eigenvalue weighted by atomic mass is 19.1. The van der Waals surface area contributed by atoms with Crippen molar-refractivity contribution in [3.63, 3.8) is 0 Å². The summed E-state index contributed by atoms with van der Waals surface area (Å²) in [5.74, 6) is -0.449. The molecule has 1 aromatic heterocycles. The van der Waals surface area contributed by atoms with Gasteiger partial charge in [-0.15, -0.1) is 0 Å². The van der Waals surface area contributed by atoms with Crippen molar-refractivity contribution in [3.8, 4) is 5.75 Å². The van der Waals surface area contributed by atoms with Gasteiger partial charge in [-0.25, -0.2) is 9.37 Å². The molecule has 2 aromatic rings. The zero-order valence-electron chi connectivity index (χ0n) is 24.3. The molecular formula is C32H44FN3O4. The number of rotatable bonds is 14. The second-order valence-electron chi connectivity index (χ2n) is 11.8. The number of nitrogens with one attached hydrogen (secondary N) is 1. The van der Waals surface area contributed by atoms with Gasteiger partial charge in [0, 0.05) is 36.0 Å². The molecule has 218 valence electrons. The minimum Gasteiger partial charge on any atom is -0.493 e. The van der Waals surface area contributed by atoms with E-state index in [9.17, 15) is 14.3 Å². The molecule has 0 amide bonds. The Morgan fingerprint density at radius 3 is 2.80 bits per heavy atom. The molecule has 1 fully saturated rings. The predicted octanol–water partition coefficient (Wildman–Crippen LogP) is 6.71. The average molecular weight is 554 g/mol. The molecule has 3 heterocycles. The van der Waals surface area contributed by atoms with Crippen molar-refractivity contribution in [2.75, 3.05) is 38.7 Å². The van der Waals surface area contributed by atoms with Gasteiger partial charge in [-0.3, -0.25) is 9.69 Å². The first kappa shape index (κ1) is 30.0. The molecule has 2 aliphatic rings. The molecule has 7 nitrogen and oxygen atoms in total. The number of pyridine rings is 1. The maximum Gasteiger partial charge on any atom is 0.325 e. The normalized spacial score (nSPS) is 19.7. The quantitative estimate of drug-likeness (QED) is 0.252. The maximum atomic E-state index is 14.8. The number of carboxylic acids is 1. The lowest BCUT2D eigenvalue weighted by Crippen LogP contribution is -2.35. The summed E-state index contributed by atoms with van der Waals surface area (Å²) < 4.78 is 26.2. The number of halogens is 1. The van der Waals surface area contributed by atoms with E-state index in [4.69, 9.17) is 9.47 Å². The molecule has 2 unspecified atom stereocenters. The van der Waals surface area contributed by atoms with Gasteiger partial charge in [-0.2, -0.15) is 0 Å². The van der Waals surface area contributed by atoms with Gasteiger partial charge < -0.3 is 19.9 Å². The van der Waals surface area contributed by atoms with Crippen LogP contribution in [0.5, 0.6) is 5.75 Å². The van der Waals surface area contributed by atoms with Gasteiger partial charge >= 0.3 is 5.97 Å². The number of anilines is 1. The Morgan fingerprint density at radius 2 is 2.05 bits per heavy atom. The fourth-order valence-corrected chi connectivity index (χ4v) is 5.78. The Morgan fingerprint density at radius 1 is 1.25 bits per heavy atom. The van der Waals surface area contributed by atoms with Crippen LogP contribution in [0.4, 0.5) is 10.2 Å². The summed E-state index contributed by atoms with van der Waals surface area (Å²) >= 11 is 0. The van der Waals surface area contributed by atoms with Crippen LogP contribution in [0.1, 0.15) is 87.9 Å². The van der Waals surface area contributed by atoms with Crippen molar-refractivity contribution in [2.45, 2.75) is 77.7 Å². The van der Waals surface area contributed by atoms with E-state index in [2.05, 4.69) is 29.4 Å². The van der Waals surface area contributed by atoms with Crippen LogP contribution in [0.25, 0.3) is 0 Å². The van der Waals surface area contributed by atoms with E-state index in [1.165, 1.54) is 24.4 Å². The van der Waals surface area contributed by atoms with Crippen molar-refractivity contribution >= 4 is 11.8 Å². The second-order valence-corrected chi connectivity index (χ2v) is 11.8. The van der Waals surface area contributed by atoms with E-state index in [0.29, 0.717) is 31.9 Å². The molecule has 1 saturated heterocycles. The number of aromatic nitrogens is 1. The Labute approximate surface area is 237 Å². The largest absolute Gasteiger partial charge is 0.493 e. The molecule has 2 aliphatic heterocycles. The van der Waals surface area contributed by atoms with E-state index in [-0.39, 0.29) is 17.1 Å². The summed E-state index contributed by atoms with van der Waals surface area (Å²) in [4.78, 5) is 18.8. The Bertz CT molecular complexity index is 1200. The van der Waals surface area contributed by atoms with Crippen LogP contribution in [0.15, 0.2) is 42.2 Å². The fraction of sp³-hybridized carbons (Fsp3) is 0.562. The molecule has 40 heavy (non-hydrogen) atoms. The number of aliphatic carboxylic acids is 1. The lowest BCUT2D eigenvalue weighted by Gasteiger charge is -2.29. The molecule has 4 rings (SSSR count). The smallest absolute Gasteiger partial charge is 0.325 e. The number of allylic oxidation sites excluding steroid dienone is 2. The molecule has 0 aliphatic carbocycles. The highest BCUT2D eigenvalue weighted by Crippen LogP contribution is 2.40. The van der Waals surface area contributed by atoms with E-state index in [1.54, 1.807) is 6.07 Å². The highest BCUT2D eigenvalue weighted by molar-refractivity contribution is 5.77. The number of carbonyl (C=O) groups is 1. The molecule has 0 radical (unpaired) electrons. The number of nitrogens with zero attached hydrogens (tertiary/aromatic N) is 2. The van der Waals surface area contributed by atoms with Crippen LogP contribution in [0.3, 0.4) is 0 Å². The third kappa shape index (κ3) is 7.40. The first-order chi connectivity index (χ1) is 19.2. The monoisotopic (exact) mass is 553 g/mol. The minimum absolute atomic E-state index is 0.0127. The number of benzene rings is 1. The molecule has 0 spiro atoms. The molecule has 2 atom stereocenters. The van der Waals surface area contributed by atoms with Crippen molar-refractivity contribution < 1.29 is 23.8 Å². The fourth-order valence-electron chi connectivity index (χ4n) is 5.78. The lowest BCUT2D eigenvalue weighted by atomic mass is 9.91. The number of likely N-dealkylation sites (tertiary alicyclic amines) is 1. The molecule has 8 heteroatoms. The van der Waals surface area contributed by atoms with Crippen LogP contribution in [-0.4, -0.2) is 54.4 Å². The second kappa shape index (κ2) is 13.6. The standard InChI is InChI=1S/C32H44FN3O4/c1-22(2)24-18-26(29(39-4)27(33)19-24)28(31(37)38)36-16-14-32(3,20-36)21-40-17-8-6-5-7-11-25-13-12-23-10-9-15-34-30(23)35-25/h9-10,13,15,18-19,22,28H,5-8,11-12,14,16-17,20-21H2,1-4H3,(H,34,35)(H,37,38). The van der Waals surface area contributed by atoms with E-state index in [1.807, 2.05) is 31.0 Å². The van der Waals surface area contributed by atoms with Crippen LogP contribution >= 0.6 is 0 Å². The number of fused-ring (bicyclic) bond motifs is 1. The minimum atomic E-state index is -0.997. The maximum absolute atomic E-state index is 14.8. The van der Waals surface area contributed by atoms with Crippen molar-refractivity contribution in [3.05, 3.63) is 64.7 Å². The van der Waals surface area contributed by atoms with Gasteiger partial charge in [0.25, 0.3) is 0 Å². The number of hydrogen-bond acceptors (Lipinski definition) is 6. The Balaban J connectivity index is 1.20. The van der Waals surface area contributed by atoms with E-state index < -0.39 is 17.8 Å². The average Bonchev–Trinajstić information content (AvgIpc) is 3.30. The molecule has 1 aromatic carbocycles. The Hall–Kier alpha value is -2.97. The summed E-state index contributed by atoms with van der Waals surface area (Å²) in [7, 11) is 1.39. The summed E-state index contributed by atoms with van der Waals surface area (Å²) in [5.41, 5.74) is 3.49. The number of carboxylic acid groups (broad SMARTS) is 1. The van der Waals surface area contributed by atoms with Crippen LogP contribution in [-0.2, 0) is 16.0 Å². The van der Waals surface area contributed by atoms with Gasteiger partial charge in [0.2, 0.25) is 0 Å². The van der Waals surface area contributed by atoms with Crippen molar-refractivity contribution in [2.24, 2.45) is 5.41 Å². The van der Waals surface area contributed by atoms with Crippen LogP contribution in [0, 0.1) is 11.2 Å². The summed E-state index contributed by atoms with van der Waals surface area (Å²) in [6.07, 6.45) is 11.3. The third-order valence-corrected chi connectivity index (χ3v) is 8.12. The van der Waals surface area contributed by atoms with Gasteiger partial charge in [0.1, 0.15) is 11.9 Å². The first-order valence-corrected chi connectivity index (χ1v) is 14.5. The van der Waals surface area contributed by atoms with Crippen molar-refractivity contribution in [1.29, 1.82) is 0 Å².